The van der Waals surface area contributed by atoms with Crippen molar-refractivity contribution in [3.05, 3.63) is 50.7 Å². The molecule has 0 spiro atoms. The molecule has 1 aromatic carbocycles. The van der Waals surface area contributed by atoms with Gasteiger partial charge in [0.25, 0.3) is 5.56 Å². The number of esters is 1. The van der Waals surface area contributed by atoms with E-state index in [1.807, 2.05) is 31.2 Å². The third-order valence-electron chi connectivity index (χ3n) is 4.70. The van der Waals surface area contributed by atoms with Crippen LogP contribution >= 0.6 is 23.1 Å². The molecule has 3 aromatic rings. The predicted molar refractivity (Wildman–Crippen MR) is 126 cm³/mol. The number of nitrogen functional groups attached to an aromatic ring is 1. The lowest BCUT2D eigenvalue weighted by Gasteiger charge is -2.13. The number of rotatable bonds is 10. The zero-order chi connectivity index (χ0) is 23.3. The second kappa shape index (κ2) is 10.6. The number of ether oxygens (including phenoxy) is 1. The number of thioether (sulfide) groups is 1. The maximum Gasteiger partial charge on any atom is 0.332 e. The first kappa shape index (κ1) is 23.7. The Morgan fingerprint density at radius 2 is 2.00 bits per heavy atom. The third-order valence-corrected chi connectivity index (χ3v) is 6.96. The van der Waals surface area contributed by atoms with Gasteiger partial charge in [-0.15, -0.1) is 11.3 Å². The second-order valence-corrected chi connectivity index (χ2v) is 9.41. The van der Waals surface area contributed by atoms with Crippen LogP contribution in [0, 0.1) is 0 Å². The Morgan fingerprint density at radius 1 is 1.25 bits per heavy atom. The van der Waals surface area contributed by atoms with Crippen molar-refractivity contribution in [1.29, 1.82) is 0 Å². The predicted octanol–water partition coefficient (Wildman–Crippen LogP) is 2.45. The van der Waals surface area contributed by atoms with Crippen LogP contribution in [-0.2, 0) is 23.1 Å². The minimum Gasteiger partial charge on any atom is -0.457 e. The molecule has 0 atom stereocenters. The number of nitrogens with two attached hydrogens (primary N) is 1. The molecule has 0 saturated heterocycles. The zero-order valence-electron chi connectivity index (χ0n) is 17.8. The standard InChI is InChI=1S/C21H24N4O5S2/c1-3-10-25-18(22)17(19(28)24(2)21(25)29)14(26)12-30-16(27)9-6-11-31-20-23-13-7-4-5-8-15(13)32-20/h4-5,7-8H,3,6,9-12,22H2,1-2H3. The van der Waals surface area contributed by atoms with Gasteiger partial charge in [0.2, 0.25) is 5.78 Å². The molecule has 0 aliphatic rings. The first-order chi connectivity index (χ1) is 15.3. The average Bonchev–Trinajstić information content (AvgIpc) is 3.20. The Bertz CT molecular complexity index is 1230. The lowest BCUT2D eigenvalue weighted by atomic mass is 10.2. The van der Waals surface area contributed by atoms with Gasteiger partial charge in [-0.25, -0.2) is 9.78 Å². The summed E-state index contributed by atoms with van der Waals surface area (Å²) in [6.07, 6.45) is 1.28. The van der Waals surface area contributed by atoms with E-state index in [9.17, 15) is 19.2 Å². The van der Waals surface area contributed by atoms with E-state index in [2.05, 4.69) is 4.98 Å². The van der Waals surface area contributed by atoms with Gasteiger partial charge in [-0.05, 0) is 25.0 Å². The van der Waals surface area contributed by atoms with Crippen LogP contribution in [0.15, 0.2) is 38.2 Å². The Morgan fingerprint density at radius 3 is 2.72 bits per heavy atom. The van der Waals surface area contributed by atoms with Crippen LogP contribution in [0.1, 0.15) is 36.5 Å². The Hall–Kier alpha value is -2.92. The molecule has 0 radical (unpaired) electrons. The van der Waals surface area contributed by atoms with Crippen molar-refractivity contribution < 1.29 is 14.3 Å². The topological polar surface area (TPSA) is 126 Å². The van der Waals surface area contributed by atoms with Crippen LogP contribution in [0.2, 0.25) is 0 Å². The number of nitrogens with zero attached hydrogens (tertiary/aromatic N) is 3. The molecule has 2 N–H and O–H groups in total. The van der Waals surface area contributed by atoms with Crippen LogP contribution in [-0.4, -0.2) is 38.2 Å². The number of carbonyl (C=O) groups is 2. The first-order valence-corrected chi connectivity index (χ1v) is 11.9. The van der Waals surface area contributed by atoms with E-state index in [-0.39, 0.29) is 24.3 Å². The molecule has 0 saturated carbocycles. The summed E-state index contributed by atoms with van der Waals surface area (Å²) in [4.78, 5) is 53.6. The van der Waals surface area contributed by atoms with E-state index >= 15 is 0 Å². The van der Waals surface area contributed by atoms with E-state index in [0.29, 0.717) is 18.6 Å². The summed E-state index contributed by atoms with van der Waals surface area (Å²) in [5, 5.41) is 0. The van der Waals surface area contributed by atoms with Gasteiger partial charge in [-0.1, -0.05) is 30.8 Å². The number of hydrogen-bond donors (Lipinski definition) is 1. The second-order valence-electron chi connectivity index (χ2n) is 7.04. The summed E-state index contributed by atoms with van der Waals surface area (Å²) < 4.78 is 9.09. The summed E-state index contributed by atoms with van der Waals surface area (Å²) in [5.41, 5.74) is 5.14. The minimum absolute atomic E-state index is 0.133. The minimum atomic E-state index is -0.798. The van der Waals surface area contributed by atoms with Crippen molar-refractivity contribution in [1.82, 2.24) is 14.1 Å². The van der Waals surface area contributed by atoms with Crippen LogP contribution < -0.4 is 17.0 Å². The first-order valence-electron chi connectivity index (χ1n) is 10.1. The highest BCUT2D eigenvalue weighted by molar-refractivity contribution is 8.01. The smallest absolute Gasteiger partial charge is 0.332 e. The highest BCUT2D eigenvalue weighted by Gasteiger charge is 2.22. The molecule has 0 aliphatic heterocycles. The Kier molecular flexibility index (Phi) is 7.86. The lowest BCUT2D eigenvalue weighted by Crippen LogP contribution is -2.43. The fraction of sp³-hybridized carbons (Fsp3) is 0.381. The Balaban J connectivity index is 1.52. The molecule has 2 aromatic heterocycles. The largest absolute Gasteiger partial charge is 0.457 e. The molecule has 2 heterocycles. The number of anilines is 1. The fourth-order valence-corrected chi connectivity index (χ4v) is 5.14. The summed E-state index contributed by atoms with van der Waals surface area (Å²) >= 11 is 3.16. The molecule has 32 heavy (non-hydrogen) atoms. The molecule has 0 amide bonds. The maximum absolute atomic E-state index is 12.5. The van der Waals surface area contributed by atoms with Gasteiger partial charge in [0, 0.05) is 25.8 Å². The number of Topliss-reactive ketones (excluding diaryl/α,β-unsaturated/α-hetero) is 1. The SMILES string of the molecule is CCCn1c(N)c(C(=O)COC(=O)CCCSc2nc3ccccc3s2)c(=O)n(C)c1=O. The van der Waals surface area contributed by atoms with Gasteiger partial charge in [0.15, 0.2) is 10.9 Å². The molecular formula is C21H24N4O5S2. The van der Waals surface area contributed by atoms with Crippen molar-refractivity contribution in [2.24, 2.45) is 7.05 Å². The van der Waals surface area contributed by atoms with Gasteiger partial charge >= 0.3 is 11.7 Å². The number of thiazole rings is 1. The summed E-state index contributed by atoms with van der Waals surface area (Å²) in [7, 11) is 1.28. The monoisotopic (exact) mass is 476 g/mol. The molecule has 170 valence electrons. The maximum atomic E-state index is 12.5. The zero-order valence-corrected chi connectivity index (χ0v) is 19.5. The van der Waals surface area contributed by atoms with Crippen LogP contribution in [0.4, 0.5) is 5.82 Å². The van der Waals surface area contributed by atoms with Gasteiger partial charge in [0.05, 0.1) is 10.2 Å². The van der Waals surface area contributed by atoms with Crippen molar-refractivity contribution in [2.45, 2.75) is 37.1 Å². The van der Waals surface area contributed by atoms with E-state index in [1.54, 1.807) is 23.1 Å². The van der Waals surface area contributed by atoms with Crippen molar-refractivity contribution in [3.8, 4) is 0 Å². The van der Waals surface area contributed by atoms with Gasteiger partial charge in [-0.3, -0.25) is 23.5 Å². The molecule has 0 bridgehead atoms. The van der Waals surface area contributed by atoms with Crippen LogP contribution in [0.25, 0.3) is 10.2 Å². The number of fused-ring (bicyclic) bond motifs is 1. The van der Waals surface area contributed by atoms with Crippen LogP contribution in [0.5, 0.6) is 0 Å². The van der Waals surface area contributed by atoms with Crippen LogP contribution in [0.3, 0.4) is 0 Å². The molecule has 0 aliphatic carbocycles. The summed E-state index contributed by atoms with van der Waals surface area (Å²) in [6.45, 7) is 1.51. The average molecular weight is 477 g/mol. The number of aromatic nitrogens is 3. The highest BCUT2D eigenvalue weighted by Crippen LogP contribution is 2.29. The fourth-order valence-electron chi connectivity index (χ4n) is 3.06. The molecule has 11 heteroatoms. The molecule has 3 rings (SSSR count). The molecular weight excluding hydrogens is 452 g/mol. The summed E-state index contributed by atoms with van der Waals surface area (Å²) in [6, 6.07) is 7.88. The van der Waals surface area contributed by atoms with Crippen molar-refractivity contribution >= 4 is 50.9 Å². The number of hydrogen-bond acceptors (Lipinski definition) is 9. The third kappa shape index (κ3) is 5.28. The van der Waals surface area contributed by atoms with E-state index < -0.39 is 29.6 Å². The number of carbonyl (C=O) groups excluding carboxylic acids is 2. The Labute approximate surface area is 192 Å². The van der Waals surface area contributed by atoms with Crippen molar-refractivity contribution in [3.63, 3.8) is 0 Å². The van der Waals surface area contributed by atoms with E-state index in [1.165, 1.54) is 11.6 Å². The highest BCUT2D eigenvalue weighted by atomic mass is 32.2. The normalized spacial score (nSPS) is 11.1. The summed E-state index contributed by atoms with van der Waals surface area (Å²) in [5.74, 6) is -0.794. The quantitative estimate of drug-likeness (QED) is 0.205. The van der Waals surface area contributed by atoms with Gasteiger partial charge in [0.1, 0.15) is 11.4 Å². The molecule has 0 unspecified atom stereocenters. The number of para-hydroxylation sites is 1. The molecule has 9 nitrogen and oxygen atoms in total. The van der Waals surface area contributed by atoms with Gasteiger partial charge < -0.3 is 10.5 Å². The van der Waals surface area contributed by atoms with Crippen molar-refractivity contribution in [2.75, 3.05) is 18.1 Å². The number of benzene rings is 1. The van der Waals surface area contributed by atoms with Gasteiger partial charge in [-0.2, -0.15) is 0 Å². The van der Waals surface area contributed by atoms with E-state index in [4.69, 9.17) is 10.5 Å². The van der Waals surface area contributed by atoms with E-state index in [0.717, 1.165) is 19.1 Å². The lowest BCUT2D eigenvalue weighted by molar-refractivity contribution is -0.142. The number of ketones is 1. The molecule has 0 fully saturated rings.